The van der Waals surface area contributed by atoms with Crippen molar-refractivity contribution in [3.8, 4) is 0 Å². The van der Waals surface area contributed by atoms with Crippen LogP contribution in [0.4, 0.5) is 0 Å². The van der Waals surface area contributed by atoms with Gasteiger partial charge in [-0.2, -0.15) is 4.72 Å². The molecule has 1 aromatic rings. The summed E-state index contributed by atoms with van der Waals surface area (Å²) >= 11 is 0. The molecule has 0 unspecified atom stereocenters. The predicted octanol–water partition coefficient (Wildman–Crippen LogP) is -0.00630. The minimum atomic E-state index is -3.81. The van der Waals surface area contributed by atoms with Gasteiger partial charge >= 0.3 is 5.97 Å². The molecule has 1 atom stereocenters. The Bertz CT molecular complexity index is 625. The number of ether oxygens (including phenoxy) is 1. The maximum atomic E-state index is 11.8. The van der Waals surface area contributed by atoms with E-state index < -0.39 is 34.5 Å². The van der Waals surface area contributed by atoms with E-state index in [0.717, 1.165) is 5.41 Å². The van der Waals surface area contributed by atoms with E-state index in [9.17, 15) is 18.0 Å². The molecule has 3 N–H and O–H groups in total. The number of amides is 1. The Morgan fingerprint density at radius 3 is 2.52 bits per heavy atom. The number of hydrogen-bond acceptors (Lipinski definition) is 5. The number of nitrogens with one attached hydrogen (secondary N) is 1. The van der Waals surface area contributed by atoms with E-state index in [1.807, 2.05) is 0 Å². The largest absolute Gasteiger partial charge is 0.454 e. The molecule has 0 fully saturated rings. The maximum Gasteiger partial charge on any atom is 0.324 e. The highest BCUT2D eigenvalue weighted by Gasteiger charge is 2.20. The lowest BCUT2D eigenvalue weighted by Crippen LogP contribution is -2.39. The predicted molar refractivity (Wildman–Crippen MR) is 77.1 cm³/mol. The molecule has 0 aliphatic carbocycles. The van der Waals surface area contributed by atoms with E-state index >= 15 is 0 Å². The smallest absolute Gasteiger partial charge is 0.324 e. The van der Waals surface area contributed by atoms with Gasteiger partial charge in [-0.15, -0.1) is 0 Å². The number of hydrogen-bond donors (Lipinski definition) is 2. The third-order valence-corrected chi connectivity index (χ3v) is 3.47. The van der Waals surface area contributed by atoms with Crippen molar-refractivity contribution in [2.45, 2.75) is 13.0 Å². The van der Waals surface area contributed by atoms with Crippen molar-refractivity contribution in [2.75, 3.05) is 6.61 Å². The molecule has 0 spiro atoms. The summed E-state index contributed by atoms with van der Waals surface area (Å²) in [4.78, 5) is 21.9. The molecule has 8 heteroatoms. The van der Waals surface area contributed by atoms with Crippen LogP contribution in [0, 0.1) is 0 Å². The lowest BCUT2D eigenvalue weighted by molar-refractivity contribution is -0.149. The van der Waals surface area contributed by atoms with Crippen LogP contribution in [0.5, 0.6) is 0 Å². The van der Waals surface area contributed by atoms with Gasteiger partial charge in [-0.1, -0.05) is 30.3 Å². The summed E-state index contributed by atoms with van der Waals surface area (Å²) in [5.74, 6) is -1.70. The summed E-state index contributed by atoms with van der Waals surface area (Å²) in [5, 5.41) is 0.945. The Balaban J connectivity index is 2.61. The Labute approximate surface area is 122 Å². The highest BCUT2D eigenvalue weighted by atomic mass is 32.2. The molecule has 0 aromatic heterocycles. The monoisotopic (exact) mass is 312 g/mol. The quantitative estimate of drug-likeness (QED) is 0.687. The number of nitrogens with two attached hydrogens (primary N) is 1. The number of benzene rings is 1. The Kier molecular flexibility index (Phi) is 6.07. The average Bonchev–Trinajstić information content (AvgIpc) is 2.43. The van der Waals surface area contributed by atoms with Crippen LogP contribution >= 0.6 is 0 Å². The number of carbonyl (C=O) groups excluding carboxylic acids is 2. The van der Waals surface area contributed by atoms with E-state index in [0.29, 0.717) is 5.56 Å². The van der Waals surface area contributed by atoms with Crippen molar-refractivity contribution in [3.63, 3.8) is 0 Å². The van der Waals surface area contributed by atoms with Gasteiger partial charge < -0.3 is 10.5 Å². The molecule has 114 valence electrons. The Morgan fingerprint density at radius 2 is 1.95 bits per heavy atom. The van der Waals surface area contributed by atoms with Crippen LogP contribution in [0.25, 0.3) is 6.08 Å². The molecule has 0 saturated carbocycles. The second-order valence-corrected chi connectivity index (χ2v) is 5.77. The number of sulfonamides is 1. The molecule has 0 bridgehead atoms. The van der Waals surface area contributed by atoms with Gasteiger partial charge in [-0.05, 0) is 18.6 Å². The fourth-order valence-corrected chi connectivity index (χ4v) is 2.34. The van der Waals surface area contributed by atoms with Crippen molar-refractivity contribution in [1.29, 1.82) is 0 Å². The normalized spacial score (nSPS) is 13.0. The van der Waals surface area contributed by atoms with Gasteiger partial charge in [0.15, 0.2) is 6.61 Å². The molecule has 1 amide bonds. The molecule has 1 rings (SSSR count). The van der Waals surface area contributed by atoms with Crippen LogP contribution in [0.1, 0.15) is 12.5 Å². The molecular formula is C13H16N2O5S. The number of primary amides is 1. The molecule has 1 aromatic carbocycles. The van der Waals surface area contributed by atoms with E-state index in [4.69, 9.17) is 5.73 Å². The number of esters is 1. The summed E-state index contributed by atoms with van der Waals surface area (Å²) in [6.45, 7) is 0.710. The first kappa shape index (κ1) is 16.9. The van der Waals surface area contributed by atoms with Crippen LogP contribution < -0.4 is 10.5 Å². The van der Waals surface area contributed by atoms with Crippen molar-refractivity contribution in [2.24, 2.45) is 5.73 Å². The van der Waals surface area contributed by atoms with Crippen LogP contribution in [0.2, 0.25) is 0 Å². The zero-order valence-corrected chi connectivity index (χ0v) is 12.2. The van der Waals surface area contributed by atoms with Gasteiger partial charge in [0.1, 0.15) is 6.04 Å². The van der Waals surface area contributed by atoms with E-state index in [2.05, 4.69) is 9.46 Å². The van der Waals surface area contributed by atoms with E-state index in [-0.39, 0.29) is 0 Å². The summed E-state index contributed by atoms with van der Waals surface area (Å²) in [6, 6.07) is 7.68. The third-order valence-electron chi connectivity index (χ3n) is 2.29. The third kappa shape index (κ3) is 6.68. The van der Waals surface area contributed by atoms with Crippen LogP contribution in [-0.2, 0) is 24.3 Å². The summed E-state index contributed by atoms with van der Waals surface area (Å²) < 4.78 is 30.1. The zero-order chi connectivity index (χ0) is 15.9. The van der Waals surface area contributed by atoms with Gasteiger partial charge in [0.25, 0.3) is 5.91 Å². The van der Waals surface area contributed by atoms with E-state index in [1.54, 1.807) is 30.3 Å². The fraction of sp³-hybridized carbons (Fsp3) is 0.231. The summed E-state index contributed by atoms with van der Waals surface area (Å²) in [5.41, 5.74) is 5.52. The van der Waals surface area contributed by atoms with Gasteiger partial charge in [-0.25, -0.2) is 8.42 Å². The zero-order valence-electron chi connectivity index (χ0n) is 11.4. The first-order chi connectivity index (χ1) is 9.80. The Hall–Kier alpha value is -2.19. The van der Waals surface area contributed by atoms with Crippen LogP contribution in [0.15, 0.2) is 35.7 Å². The van der Waals surface area contributed by atoms with Crippen LogP contribution in [-0.4, -0.2) is 32.9 Å². The van der Waals surface area contributed by atoms with Gasteiger partial charge in [0.05, 0.1) is 0 Å². The molecule has 0 saturated heterocycles. The number of carbonyl (C=O) groups is 2. The SMILES string of the molecule is C[C@H](NS(=O)(=O)/C=C/c1ccccc1)C(=O)OCC(N)=O. The summed E-state index contributed by atoms with van der Waals surface area (Å²) in [6.07, 6.45) is 1.39. The minimum Gasteiger partial charge on any atom is -0.454 e. The molecule has 0 aliphatic rings. The lowest BCUT2D eigenvalue weighted by atomic mass is 10.2. The Morgan fingerprint density at radius 1 is 1.33 bits per heavy atom. The first-order valence-electron chi connectivity index (χ1n) is 6.00. The molecule has 0 heterocycles. The second-order valence-electron chi connectivity index (χ2n) is 4.17. The maximum absolute atomic E-state index is 11.8. The highest BCUT2D eigenvalue weighted by Crippen LogP contribution is 2.03. The molecule has 7 nitrogen and oxygen atoms in total. The number of rotatable bonds is 7. The van der Waals surface area contributed by atoms with Crippen molar-refractivity contribution >= 4 is 28.0 Å². The lowest BCUT2D eigenvalue weighted by Gasteiger charge is -2.11. The minimum absolute atomic E-state index is 0.593. The summed E-state index contributed by atoms with van der Waals surface area (Å²) in [7, 11) is -3.81. The van der Waals surface area contributed by atoms with Gasteiger partial charge in [0, 0.05) is 5.41 Å². The standard InChI is InChI=1S/C13H16N2O5S/c1-10(13(17)20-9-12(14)16)15-21(18,19)8-7-11-5-3-2-4-6-11/h2-8,10,15H,9H2,1H3,(H2,14,16)/b8-7+/t10-/m0/s1. The van der Waals surface area contributed by atoms with Crippen molar-refractivity contribution in [1.82, 2.24) is 4.72 Å². The van der Waals surface area contributed by atoms with Gasteiger partial charge in [0.2, 0.25) is 10.0 Å². The topological polar surface area (TPSA) is 116 Å². The molecule has 0 aliphatic heterocycles. The van der Waals surface area contributed by atoms with Gasteiger partial charge in [-0.3, -0.25) is 9.59 Å². The first-order valence-corrected chi connectivity index (χ1v) is 7.55. The fourth-order valence-electron chi connectivity index (χ4n) is 1.33. The average molecular weight is 312 g/mol. The highest BCUT2D eigenvalue weighted by molar-refractivity contribution is 7.92. The second kappa shape index (κ2) is 7.55. The van der Waals surface area contributed by atoms with Crippen molar-refractivity contribution in [3.05, 3.63) is 41.3 Å². The van der Waals surface area contributed by atoms with E-state index in [1.165, 1.54) is 13.0 Å². The molecule has 21 heavy (non-hydrogen) atoms. The molecule has 0 radical (unpaired) electrons. The molecular weight excluding hydrogens is 296 g/mol. The van der Waals surface area contributed by atoms with Crippen molar-refractivity contribution < 1.29 is 22.7 Å². The van der Waals surface area contributed by atoms with Crippen LogP contribution in [0.3, 0.4) is 0 Å².